The second-order valence-electron chi connectivity index (χ2n) is 1.49. The molecule has 0 unspecified atom stereocenters. The molecule has 0 spiro atoms. The largest absolute Gasteiger partial charge is 0.289 e. The molecule has 0 saturated heterocycles. The van der Waals surface area contributed by atoms with Gasteiger partial charge in [0.2, 0.25) is 0 Å². The normalized spacial score (nSPS) is 9.00. The number of nitrogens with zero attached hydrogens (tertiary/aromatic N) is 1. The van der Waals surface area contributed by atoms with E-state index in [0.29, 0.717) is 4.47 Å². The summed E-state index contributed by atoms with van der Waals surface area (Å²) in [4.78, 5) is 14.5. The van der Waals surface area contributed by atoms with Crippen LogP contribution < -0.4 is 5.43 Å². The lowest BCUT2D eigenvalue weighted by Gasteiger charge is -1.70. The Kier molecular flexibility index (Phi) is 1.95. The van der Waals surface area contributed by atoms with Gasteiger partial charge in [0, 0.05) is 18.5 Å². The van der Waals surface area contributed by atoms with Gasteiger partial charge in [-0.2, -0.15) is 0 Å². The Hall–Kier alpha value is -0.700. The highest BCUT2D eigenvalue weighted by molar-refractivity contribution is 9.10. The lowest BCUT2D eigenvalue weighted by molar-refractivity contribution is 1.37. The molecule has 1 rings (SSSR count). The first-order chi connectivity index (χ1) is 4.30. The molecule has 0 amide bonds. The highest BCUT2D eigenvalue weighted by atomic mass is 79.9. The van der Waals surface area contributed by atoms with Crippen molar-refractivity contribution in [2.24, 2.45) is 0 Å². The predicted molar refractivity (Wildman–Crippen MR) is 38.2 cm³/mol. The lowest BCUT2D eigenvalue weighted by Crippen LogP contribution is -1.92. The van der Waals surface area contributed by atoms with Crippen LogP contribution in [0.5, 0.6) is 0 Å². The zero-order valence-electron chi connectivity index (χ0n) is 4.54. The van der Waals surface area contributed by atoms with E-state index < -0.39 is 0 Å². The van der Waals surface area contributed by atoms with Crippen molar-refractivity contribution in [3.05, 3.63) is 39.2 Å². The van der Waals surface area contributed by atoms with Crippen molar-refractivity contribution in [3.63, 3.8) is 0 Å². The van der Waals surface area contributed by atoms with E-state index in [2.05, 4.69) is 20.9 Å². The monoisotopic (exact) mass is 185 g/mol. The first-order valence-corrected chi connectivity index (χ1v) is 3.20. The quantitative estimate of drug-likeness (QED) is 0.609. The molecule has 0 bridgehead atoms. The van der Waals surface area contributed by atoms with Crippen LogP contribution in [0.4, 0.5) is 0 Å². The highest BCUT2D eigenvalue weighted by Gasteiger charge is 1.85. The van der Waals surface area contributed by atoms with Crippen LogP contribution in [-0.4, -0.2) is 4.98 Å². The Bertz CT molecular complexity index is 261. The molecular formula is C6H4BrNO. The minimum Gasteiger partial charge on any atom is -0.289 e. The maximum absolute atomic E-state index is 10.7. The highest BCUT2D eigenvalue weighted by Crippen LogP contribution is 1.96. The summed E-state index contributed by atoms with van der Waals surface area (Å²) in [5.74, 6) is 0. The van der Waals surface area contributed by atoms with Crippen molar-refractivity contribution < 1.29 is 0 Å². The molecule has 3 heteroatoms. The Labute approximate surface area is 60.7 Å². The minimum absolute atomic E-state index is 0.0486. The van der Waals surface area contributed by atoms with E-state index in [4.69, 9.17) is 0 Å². The first kappa shape index (κ1) is 6.42. The van der Waals surface area contributed by atoms with Gasteiger partial charge in [0.25, 0.3) is 0 Å². The summed E-state index contributed by atoms with van der Waals surface area (Å²) in [6.45, 7) is 0. The number of aromatic nitrogens is 1. The Morgan fingerprint density at radius 1 is 1.33 bits per heavy atom. The molecule has 1 heterocycles. The van der Waals surface area contributed by atoms with Gasteiger partial charge in [-0.25, -0.2) is 0 Å². The fraction of sp³-hybridized carbons (Fsp3) is 0. The molecule has 1 aromatic rings. The van der Waals surface area contributed by atoms with Crippen molar-refractivity contribution >= 4 is 15.9 Å². The predicted octanol–water partition coefficient (Wildman–Crippen LogP) is 1.20. The van der Waals surface area contributed by atoms with Crippen LogP contribution in [0.3, 0.4) is 0 Å². The van der Waals surface area contributed by atoms with Gasteiger partial charge in [0.15, 0.2) is 5.43 Å². The average Bonchev–Trinajstić information content (AvgIpc) is 1.99. The van der Waals surface area contributed by atoms with Gasteiger partial charge in [-0.3, -0.25) is 9.78 Å². The first-order valence-electron chi connectivity index (χ1n) is 2.40. The summed E-state index contributed by atoms with van der Waals surface area (Å²) in [6.07, 6.45) is 3.03. The van der Waals surface area contributed by atoms with Gasteiger partial charge >= 0.3 is 0 Å². The molecule has 9 heavy (non-hydrogen) atoms. The molecule has 0 radical (unpaired) electrons. The van der Waals surface area contributed by atoms with E-state index >= 15 is 0 Å². The third-order valence-corrected chi connectivity index (χ3v) is 1.51. The van der Waals surface area contributed by atoms with Gasteiger partial charge in [-0.05, 0) is 22.0 Å². The molecule has 0 aliphatic heterocycles. The Balaban J connectivity index is 3.42. The van der Waals surface area contributed by atoms with Gasteiger partial charge in [-0.1, -0.05) is 0 Å². The van der Waals surface area contributed by atoms with Crippen molar-refractivity contribution in [2.45, 2.75) is 0 Å². The second-order valence-corrected chi connectivity index (χ2v) is 2.35. The van der Waals surface area contributed by atoms with E-state index in [1.165, 1.54) is 12.3 Å². The van der Waals surface area contributed by atoms with E-state index in [9.17, 15) is 4.79 Å². The molecular weight excluding hydrogens is 182 g/mol. The molecule has 0 aliphatic rings. The molecule has 46 valence electrons. The van der Waals surface area contributed by atoms with Gasteiger partial charge < -0.3 is 0 Å². The summed E-state index contributed by atoms with van der Waals surface area (Å²) >= 11 is 3.07. The lowest BCUT2D eigenvalue weighted by atomic mass is 10.5. The summed E-state index contributed by atoms with van der Waals surface area (Å²) in [5, 5.41) is 0. The van der Waals surface area contributed by atoms with Crippen molar-refractivity contribution in [3.8, 4) is 0 Å². The maximum atomic E-state index is 10.7. The van der Waals surface area contributed by atoms with Crippen LogP contribution in [0.25, 0.3) is 0 Å². The molecule has 0 aromatic carbocycles. The van der Waals surface area contributed by atoms with Crippen LogP contribution in [0.2, 0.25) is 0 Å². The van der Waals surface area contributed by atoms with Crippen LogP contribution >= 0.6 is 15.9 Å². The van der Waals surface area contributed by atoms with E-state index in [-0.39, 0.29) is 5.43 Å². The Morgan fingerprint density at radius 2 is 2.00 bits per heavy atom. The molecule has 0 fully saturated rings. The fourth-order valence-corrected chi connectivity index (χ4v) is 0.681. The number of rotatable bonds is 0. The summed E-state index contributed by atoms with van der Waals surface area (Å²) in [6, 6.07) is 3.02. The van der Waals surface area contributed by atoms with E-state index in [1.54, 1.807) is 12.3 Å². The summed E-state index contributed by atoms with van der Waals surface area (Å²) in [5.41, 5.74) is -0.0486. The Morgan fingerprint density at radius 3 is 2.78 bits per heavy atom. The number of hydrogen-bond donors (Lipinski definition) is 0. The third kappa shape index (κ3) is 1.61. The molecule has 2 nitrogen and oxygen atoms in total. The zero-order valence-corrected chi connectivity index (χ0v) is 6.13. The van der Waals surface area contributed by atoms with Gasteiger partial charge in [0.05, 0.1) is 4.47 Å². The van der Waals surface area contributed by atoms with Crippen LogP contribution in [-0.2, 0) is 0 Å². The molecule has 1 aromatic heterocycles. The number of hydrogen-bond acceptors (Lipinski definition) is 2. The van der Waals surface area contributed by atoms with Crippen LogP contribution in [0, 0.1) is 0 Å². The molecule has 0 aliphatic carbocycles. The smallest absolute Gasteiger partial charge is 0.194 e. The third-order valence-electron chi connectivity index (χ3n) is 0.854. The summed E-state index contributed by atoms with van der Waals surface area (Å²) in [7, 11) is 0. The van der Waals surface area contributed by atoms with Crippen LogP contribution in [0.1, 0.15) is 0 Å². The topological polar surface area (TPSA) is 30.0 Å². The van der Waals surface area contributed by atoms with Crippen LogP contribution in [0.15, 0.2) is 33.8 Å². The summed E-state index contributed by atoms with van der Waals surface area (Å²) < 4.78 is 0.542. The molecule has 0 atom stereocenters. The standard InChI is InChI=1S/C6H4BrNO/c7-5-1-3-8-4-2-6(5)9/h1-4H. The zero-order chi connectivity index (χ0) is 6.69. The maximum Gasteiger partial charge on any atom is 0.194 e. The minimum atomic E-state index is -0.0486. The number of halogens is 1. The van der Waals surface area contributed by atoms with Crippen molar-refractivity contribution in [1.82, 2.24) is 4.98 Å². The van der Waals surface area contributed by atoms with E-state index in [0.717, 1.165) is 0 Å². The van der Waals surface area contributed by atoms with Crippen molar-refractivity contribution in [2.75, 3.05) is 0 Å². The molecule has 0 saturated carbocycles. The fourth-order valence-electron chi connectivity index (χ4n) is 0.431. The molecule has 0 N–H and O–H groups in total. The second kappa shape index (κ2) is 2.73. The van der Waals surface area contributed by atoms with Gasteiger partial charge in [0.1, 0.15) is 0 Å². The van der Waals surface area contributed by atoms with E-state index in [1.807, 2.05) is 0 Å². The average molecular weight is 186 g/mol. The van der Waals surface area contributed by atoms with Gasteiger partial charge in [-0.15, -0.1) is 0 Å². The van der Waals surface area contributed by atoms with Crippen molar-refractivity contribution in [1.29, 1.82) is 0 Å². The SMILES string of the molecule is O=c1ccnccc1Br.